The third-order valence-electron chi connectivity index (χ3n) is 3.92. The molecular formula is C19H16BrNO4. The monoisotopic (exact) mass is 401 g/mol. The van der Waals surface area contributed by atoms with Gasteiger partial charge in [-0.1, -0.05) is 46.3 Å². The number of hydrogen-bond acceptors (Lipinski definition) is 4. The molecule has 0 saturated heterocycles. The van der Waals surface area contributed by atoms with Crippen molar-refractivity contribution in [2.24, 2.45) is 0 Å². The highest BCUT2D eigenvalue weighted by atomic mass is 79.9. The number of carbonyl (C=O) groups is 2. The Morgan fingerprint density at radius 1 is 1.16 bits per heavy atom. The standard InChI is InChI=1S/C19H16BrNO4/c1-2-25-19(24)15-16(12-8-10-13(20)11-9-12)21(18(23)17(15)22)14-6-4-3-5-7-14/h3-11,16,22H,2H2,1H3. The number of halogens is 1. The molecule has 1 atom stereocenters. The minimum absolute atomic E-state index is 0.0435. The second-order valence-electron chi connectivity index (χ2n) is 5.45. The normalized spacial score (nSPS) is 17.1. The van der Waals surface area contributed by atoms with Crippen LogP contribution in [-0.4, -0.2) is 23.6 Å². The van der Waals surface area contributed by atoms with Crippen molar-refractivity contribution >= 4 is 33.5 Å². The summed E-state index contributed by atoms with van der Waals surface area (Å²) in [5.41, 5.74) is 1.25. The molecule has 5 nitrogen and oxygen atoms in total. The van der Waals surface area contributed by atoms with Crippen LogP contribution in [0.1, 0.15) is 18.5 Å². The zero-order valence-corrected chi connectivity index (χ0v) is 15.1. The van der Waals surface area contributed by atoms with E-state index in [1.54, 1.807) is 43.3 Å². The highest BCUT2D eigenvalue weighted by molar-refractivity contribution is 9.10. The smallest absolute Gasteiger partial charge is 0.340 e. The predicted octanol–water partition coefficient (Wildman–Crippen LogP) is 3.91. The average Bonchev–Trinajstić information content (AvgIpc) is 2.88. The van der Waals surface area contributed by atoms with Crippen LogP contribution in [0.15, 0.2) is 70.4 Å². The average molecular weight is 402 g/mol. The summed E-state index contributed by atoms with van der Waals surface area (Å²) >= 11 is 3.37. The molecule has 1 amide bonds. The molecule has 0 bridgehead atoms. The number of para-hydroxylation sites is 1. The van der Waals surface area contributed by atoms with E-state index in [4.69, 9.17) is 4.74 Å². The van der Waals surface area contributed by atoms with Gasteiger partial charge in [0.2, 0.25) is 0 Å². The fourth-order valence-corrected chi connectivity index (χ4v) is 3.10. The van der Waals surface area contributed by atoms with Crippen molar-refractivity contribution < 1.29 is 19.4 Å². The predicted molar refractivity (Wildman–Crippen MR) is 97.1 cm³/mol. The number of rotatable bonds is 4. The molecule has 25 heavy (non-hydrogen) atoms. The van der Waals surface area contributed by atoms with E-state index >= 15 is 0 Å². The quantitative estimate of drug-likeness (QED) is 0.788. The molecule has 0 aromatic heterocycles. The van der Waals surface area contributed by atoms with Crippen molar-refractivity contribution in [1.29, 1.82) is 0 Å². The molecular weight excluding hydrogens is 386 g/mol. The number of aliphatic hydroxyl groups is 1. The van der Waals surface area contributed by atoms with Crippen LogP contribution in [0.4, 0.5) is 5.69 Å². The fourth-order valence-electron chi connectivity index (χ4n) is 2.84. The van der Waals surface area contributed by atoms with Crippen molar-refractivity contribution in [3.8, 4) is 0 Å². The summed E-state index contributed by atoms with van der Waals surface area (Å²) in [5.74, 6) is -1.89. The lowest BCUT2D eigenvalue weighted by Crippen LogP contribution is -2.31. The first-order valence-electron chi connectivity index (χ1n) is 7.79. The molecule has 1 heterocycles. The van der Waals surface area contributed by atoms with Crippen LogP contribution in [-0.2, 0) is 14.3 Å². The summed E-state index contributed by atoms with van der Waals surface area (Å²) in [6.07, 6.45) is 0. The Labute approximate surface area is 153 Å². The number of benzene rings is 2. The van der Waals surface area contributed by atoms with Gasteiger partial charge in [-0.05, 0) is 36.8 Å². The molecule has 0 saturated carbocycles. The van der Waals surface area contributed by atoms with Gasteiger partial charge in [-0.15, -0.1) is 0 Å². The number of carbonyl (C=O) groups excluding carboxylic acids is 2. The molecule has 0 radical (unpaired) electrons. The maximum atomic E-state index is 12.7. The van der Waals surface area contributed by atoms with Gasteiger partial charge in [0.15, 0.2) is 5.76 Å². The molecule has 2 aromatic carbocycles. The maximum absolute atomic E-state index is 12.7. The van der Waals surface area contributed by atoms with Crippen molar-refractivity contribution in [1.82, 2.24) is 0 Å². The fraction of sp³-hybridized carbons (Fsp3) is 0.158. The maximum Gasteiger partial charge on any atom is 0.340 e. The molecule has 1 aliphatic rings. The Morgan fingerprint density at radius 3 is 2.40 bits per heavy atom. The van der Waals surface area contributed by atoms with Gasteiger partial charge in [0, 0.05) is 10.2 Å². The first-order chi connectivity index (χ1) is 12.0. The van der Waals surface area contributed by atoms with E-state index in [0.29, 0.717) is 11.3 Å². The molecule has 0 fully saturated rings. The summed E-state index contributed by atoms with van der Waals surface area (Å²) in [6.45, 7) is 1.83. The number of anilines is 1. The number of ether oxygens (including phenoxy) is 1. The first-order valence-corrected chi connectivity index (χ1v) is 8.58. The van der Waals surface area contributed by atoms with Crippen LogP contribution in [0, 0.1) is 0 Å². The number of hydrogen-bond donors (Lipinski definition) is 1. The minimum atomic E-state index is -0.748. The second-order valence-corrected chi connectivity index (χ2v) is 6.36. The number of nitrogens with zero attached hydrogens (tertiary/aromatic N) is 1. The minimum Gasteiger partial charge on any atom is -0.503 e. The molecule has 3 rings (SSSR count). The van der Waals surface area contributed by atoms with Crippen LogP contribution in [0.2, 0.25) is 0 Å². The largest absolute Gasteiger partial charge is 0.503 e. The first kappa shape index (κ1) is 17.2. The lowest BCUT2D eigenvalue weighted by Gasteiger charge is -2.26. The lowest BCUT2D eigenvalue weighted by atomic mass is 9.99. The van der Waals surface area contributed by atoms with Gasteiger partial charge in [-0.2, -0.15) is 0 Å². The summed E-state index contributed by atoms with van der Waals surface area (Å²) in [5, 5.41) is 10.4. The van der Waals surface area contributed by atoms with Gasteiger partial charge in [-0.3, -0.25) is 9.69 Å². The second kappa shape index (κ2) is 7.11. The Balaban J connectivity index is 2.14. The third kappa shape index (κ3) is 3.17. The summed E-state index contributed by atoms with van der Waals surface area (Å²) in [7, 11) is 0. The zero-order valence-electron chi connectivity index (χ0n) is 13.5. The van der Waals surface area contributed by atoms with Crippen LogP contribution >= 0.6 is 15.9 Å². The highest BCUT2D eigenvalue weighted by Crippen LogP contribution is 2.41. The summed E-state index contributed by atoms with van der Waals surface area (Å²) < 4.78 is 5.93. The van der Waals surface area contributed by atoms with Crippen LogP contribution < -0.4 is 4.90 Å². The summed E-state index contributed by atoms with van der Waals surface area (Å²) in [6, 6.07) is 15.4. The van der Waals surface area contributed by atoms with Crippen LogP contribution in [0.3, 0.4) is 0 Å². The molecule has 6 heteroatoms. The van der Waals surface area contributed by atoms with E-state index < -0.39 is 23.7 Å². The van der Waals surface area contributed by atoms with Gasteiger partial charge in [0.25, 0.3) is 5.91 Å². The summed E-state index contributed by atoms with van der Waals surface area (Å²) in [4.78, 5) is 26.5. The van der Waals surface area contributed by atoms with Crippen molar-refractivity contribution in [3.63, 3.8) is 0 Å². The molecule has 2 aromatic rings. The van der Waals surface area contributed by atoms with Gasteiger partial charge in [-0.25, -0.2) is 4.79 Å². The highest BCUT2D eigenvalue weighted by Gasteiger charge is 2.45. The van der Waals surface area contributed by atoms with Gasteiger partial charge >= 0.3 is 5.97 Å². The zero-order chi connectivity index (χ0) is 18.0. The van der Waals surface area contributed by atoms with E-state index in [1.807, 2.05) is 18.2 Å². The Morgan fingerprint density at radius 2 is 1.80 bits per heavy atom. The van der Waals surface area contributed by atoms with E-state index in [1.165, 1.54) is 4.90 Å². The molecule has 1 unspecified atom stereocenters. The van der Waals surface area contributed by atoms with E-state index in [2.05, 4.69) is 15.9 Å². The van der Waals surface area contributed by atoms with Gasteiger partial charge in [0.05, 0.1) is 12.6 Å². The molecule has 128 valence electrons. The SMILES string of the molecule is CCOC(=O)C1=C(O)C(=O)N(c2ccccc2)C1c1ccc(Br)cc1. The Kier molecular flexibility index (Phi) is 4.90. The molecule has 1 aliphatic heterocycles. The van der Waals surface area contributed by atoms with Crippen LogP contribution in [0.25, 0.3) is 0 Å². The Bertz CT molecular complexity index is 830. The van der Waals surface area contributed by atoms with E-state index in [-0.39, 0.29) is 12.2 Å². The van der Waals surface area contributed by atoms with E-state index in [0.717, 1.165) is 4.47 Å². The van der Waals surface area contributed by atoms with Crippen molar-refractivity contribution in [2.75, 3.05) is 11.5 Å². The molecule has 0 spiro atoms. The number of amides is 1. The molecule has 1 N–H and O–H groups in total. The van der Waals surface area contributed by atoms with Crippen molar-refractivity contribution in [3.05, 3.63) is 76.0 Å². The van der Waals surface area contributed by atoms with Gasteiger partial charge in [0.1, 0.15) is 5.57 Å². The van der Waals surface area contributed by atoms with Gasteiger partial charge < -0.3 is 9.84 Å². The van der Waals surface area contributed by atoms with Crippen LogP contribution in [0.5, 0.6) is 0 Å². The van der Waals surface area contributed by atoms with Crippen molar-refractivity contribution in [2.45, 2.75) is 13.0 Å². The Hall–Kier alpha value is -2.60. The number of aliphatic hydroxyl groups excluding tert-OH is 1. The lowest BCUT2D eigenvalue weighted by molar-refractivity contribution is -0.139. The third-order valence-corrected chi connectivity index (χ3v) is 4.45. The topological polar surface area (TPSA) is 66.8 Å². The number of esters is 1. The van der Waals surface area contributed by atoms with E-state index in [9.17, 15) is 14.7 Å². The molecule has 0 aliphatic carbocycles.